The fourth-order valence-corrected chi connectivity index (χ4v) is 2.51. The number of ether oxygens (including phenoxy) is 1. The Morgan fingerprint density at radius 2 is 2.06 bits per heavy atom. The minimum absolute atomic E-state index is 0.0648. The first-order valence-corrected chi connectivity index (χ1v) is 6.58. The van der Waals surface area contributed by atoms with E-state index in [9.17, 15) is 4.79 Å². The van der Waals surface area contributed by atoms with E-state index < -0.39 is 0 Å². The molecule has 1 saturated heterocycles. The highest BCUT2D eigenvalue weighted by Crippen LogP contribution is 2.20. The van der Waals surface area contributed by atoms with Crippen LogP contribution >= 0.6 is 0 Å². The Hall–Kier alpha value is -1.35. The lowest BCUT2D eigenvalue weighted by atomic mass is 10.0. The molecule has 2 rings (SSSR count). The van der Waals surface area contributed by atoms with E-state index in [2.05, 4.69) is 36.1 Å². The number of carbonyl (C=O) groups is 1. The molecule has 1 heterocycles. The highest BCUT2D eigenvalue weighted by Gasteiger charge is 2.29. The maximum Gasteiger partial charge on any atom is 0.323 e. The van der Waals surface area contributed by atoms with Crippen LogP contribution in [-0.4, -0.2) is 30.6 Å². The standard InChI is InChI=1S/C15H21NO2/c1-12-6-8-13(9-7-12)11-16-10-4-3-5-14(16)15(17)18-2/h6-9,14H,3-5,10-11H2,1-2H3. The van der Waals surface area contributed by atoms with E-state index in [-0.39, 0.29) is 12.0 Å². The number of esters is 1. The number of carbonyl (C=O) groups excluding carboxylic acids is 1. The molecule has 1 fully saturated rings. The van der Waals surface area contributed by atoms with Crippen molar-refractivity contribution in [2.24, 2.45) is 0 Å². The van der Waals surface area contributed by atoms with Gasteiger partial charge in [-0.1, -0.05) is 36.2 Å². The largest absolute Gasteiger partial charge is 0.468 e. The monoisotopic (exact) mass is 247 g/mol. The van der Waals surface area contributed by atoms with Crippen molar-refractivity contribution >= 4 is 5.97 Å². The quantitative estimate of drug-likeness (QED) is 0.769. The summed E-state index contributed by atoms with van der Waals surface area (Å²) in [4.78, 5) is 14.0. The predicted octanol–water partition coefficient (Wildman–Crippen LogP) is 2.52. The number of aryl methyl sites for hydroxylation is 1. The topological polar surface area (TPSA) is 29.5 Å². The van der Waals surface area contributed by atoms with Crippen LogP contribution in [0.1, 0.15) is 30.4 Å². The maximum atomic E-state index is 11.8. The first-order valence-electron chi connectivity index (χ1n) is 6.58. The molecule has 98 valence electrons. The zero-order valence-electron chi connectivity index (χ0n) is 11.2. The number of methoxy groups -OCH3 is 1. The van der Waals surface area contributed by atoms with Crippen LogP contribution in [0.4, 0.5) is 0 Å². The molecule has 1 aromatic carbocycles. The van der Waals surface area contributed by atoms with Gasteiger partial charge in [-0.25, -0.2) is 0 Å². The molecule has 1 atom stereocenters. The van der Waals surface area contributed by atoms with E-state index in [1.807, 2.05) is 0 Å². The number of hydrogen-bond donors (Lipinski definition) is 0. The average molecular weight is 247 g/mol. The van der Waals surface area contributed by atoms with Crippen LogP contribution in [0.3, 0.4) is 0 Å². The van der Waals surface area contributed by atoms with Gasteiger partial charge >= 0.3 is 5.97 Å². The summed E-state index contributed by atoms with van der Waals surface area (Å²) in [6.45, 7) is 3.90. The molecule has 0 N–H and O–H groups in total. The third kappa shape index (κ3) is 3.10. The van der Waals surface area contributed by atoms with Crippen molar-refractivity contribution in [3.63, 3.8) is 0 Å². The van der Waals surface area contributed by atoms with E-state index in [4.69, 9.17) is 4.74 Å². The summed E-state index contributed by atoms with van der Waals surface area (Å²) in [6.07, 6.45) is 3.20. The number of likely N-dealkylation sites (tertiary alicyclic amines) is 1. The molecule has 0 aromatic heterocycles. The van der Waals surface area contributed by atoms with Crippen molar-refractivity contribution in [2.75, 3.05) is 13.7 Å². The van der Waals surface area contributed by atoms with Gasteiger partial charge in [0, 0.05) is 6.54 Å². The fraction of sp³-hybridized carbons (Fsp3) is 0.533. The van der Waals surface area contributed by atoms with E-state index in [1.165, 1.54) is 24.7 Å². The van der Waals surface area contributed by atoms with Gasteiger partial charge in [-0.05, 0) is 31.9 Å². The van der Waals surface area contributed by atoms with Gasteiger partial charge in [0.2, 0.25) is 0 Å². The smallest absolute Gasteiger partial charge is 0.323 e. The fourth-order valence-electron chi connectivity index (χ4n) is 2.51. The second kappa shape index (κ2) is 6.01. The molecule has 0 spiro atoms. The zero-order valence-corrected chi connectivity index (χ0v) is 11.2. The Kier molecular flexibility index (Phi) is 4.37. The van der Waals surface area contributed by atoms with Gasteiger partial charge in [0.05, 0.1) is 7.11 Å². The van der Waals surface area contributed by atoms with Gasteiger partial charge in [-0.2, -0.15) is 0 Å². The molecule has 1 aliphatic heterocycles. The van der Waals surface area contributed by atoms with Crippen molar-refractivity contribution in [1.29, 1.82) is 0 Å². The van der Waals surface area contributed by atoms with Crippen LogP contribution in [0.2, 0.25) is 0 Å². The summed E-state index contributed by atoms with van der Waals surface area (Å²) in [5.74, 6) is -0.0955. The molecule has 0 bridgehead atoms. The third-order valence-electron chi connectivity index (χ3n) is 3.59. The van der Waals surface area contributed by atoms with E-state index in [0.717, 1.165) is 25.9 Å². The summed E-state index contributed by atoms with van der Waals surface area (Å²) in [6, 6.07) is 8.44. The first kappa shape index (κ1) is 13.1. The van der Waals surface area contributed by atoms with Crippen LogP contribution in [-0.2, 0) is 16.1 Å². The van der Waals surface area contributed by atoms with E-state index in [0.29, 0.717) is 0 Å². The Bertz CT molecular complexity index is 399. The normalized spacial score (nSPS) is 20.7. The number of rotatable bonds is 3. The molecule has 1 aliphatic rings. The van der Waals surface area contributed by atoms with Gasteiger partial charge in [0.15, 0.2) is 0 Å². The number of piperidine rings is 1. The molecule has 0 saturated carbocycles. The van der Waals surface area contributed by atoms with Crippen molar-refractivity contribution in [1.82, 2.24) is 4.90 Å². The van der Waals surface area contributed by atoms with Crippen LogP contribution in [0.15, 0.2) is 24.3 Å². The molecule has 18 heavy (non-hydrogen) atoms. The maximum absolute atomic E-state index is 11.8. The van der Waals surface area contributed by atoms with Crippen molar-refractivity contribution in [3.8, 4) is 0 Å². The molecule has 0 aliphatic carbocycles. The highest BCUT2D eigenvalue weighted by atomic mass is 16.5. The summed E-state index contributed by atoms with van der Waals surface area (Å²) >= 11 is 0. The van der Waals surface area contributed by atoms with E-state index in [1.54, 1.807) is 0 Å². The van der Waals surface area contributed by atoms with Crippen LogP contribution < -0.4 is 0 Å². The van der Waals surface area contributed by atoms with Gasteiger partial charge in [0.1, 0.15) is 6.04 Å². The Morgan fingerprint density at radius 3 is 2.72 bits per heavy atom. The van der Waals surface area contributed by atoms with Crippen molar-refractivity contribution < 1.29 is 9.53 Å². The van der Waals surface area contributed by atoms with Crippen LogP contribution in [0.25, 0.3) is 0 Å². The second-order valence-corrected chi connectivity index (χ2v) is 4.99. The molecular formula is C15H21NO2. The zero-order chi connectivity index (χ0) is 13.0. The lowest BCUT2D eigenvalue weighted by Gasteiger charge is -2.33. The Morgan fingerprint density at radius 1 is 1.33 bits per heavy atom. The SMILES string of the molecule is COC(=O)C1CCCCN1Cc1ccc(C)cc1. The Labute approximate surface area is 109 Å². The first-order chi connectivity index (χ1) is 8.70. The third-order valence-corrected chi connectivity index (χ3v) is 3.59. The van der Waals surface area contributed by atoms with Gasteiger partial charge in [-0.15, -0.1) is 0 Å². The second-order valence-electron chi connectivity index (χ2n) is 4.99. The molecule has 3 nitrogen and oxygen atoms in total. The molecule has 0 amide bonds. The van der Waals surface area contributed by atoms with Gasteiger partial charge in [0.25, 0.3) is 0 Å². The van der Waals surface area contributed by atoms with Crippen LogP contribution in [0.5, 0.6) is 0 Å². The Balaban J connectivity index is 2.05. The summed E-state index contributed by atoms with van der Waals surface area (Å²) < 4.78 is 4.90. The molecule has 0 radical (unpaired) electrons. The highest BCUT2D eigenvalue weighted by molar-refractivity contribution is 5.75. The average Bonchev–Trinajstić information content (AvgIpc) is 2.41. The molecule has 1 unspecified atom stereocenters. The summed E-state index contributed by atoms with van der Waals surface area (Å²) in [7, 11) is 1.47. The minimum Gasteiger partial charge on any atom is -0.468 e. The number of benzene rings is 1. The lowest BCUT2D eigenvalue weighted by Crippen LogP contribution is -2.44. The van der Waals surface area contributed by atoms with Gasteiger partial charge < -0.3 is 4.74 Å². The molecule has 1 aromatic rings. The predicted molar refractivity (Wildman–Crippen MR) is 71.2 cm³/mol. The molecule has 3 heteroatoms. The number of hydrogen-bond acceptors (Lipinski definition) is 3. The minimum atomic E-state index is -0.0955. The van der Waals surface area contributed by atoms with E-state index >= 15 is 0 Å². The molecular weight excluding hydrogens is 226 g/mol. The van der Waals surface area contributed by atoms with Crippen molar-refractivity contribution in [2.45, 2.75) is 38.8 Å². The summed E-state index contributed by atoms with van der Waals surface area (Å²) in [5, 5.41) is 0. The van der Waals surface area contributed by atoms with Gasteiger partial charge in [-0.3, -0.25) is 9.69 Å². The lowest BCUT2D eigenvalue weighted by molar-refractivity contribution is -0.148. The van der Waals surface area contributed by atoms with Crippen LogP contribution in [0, 0.1) is 6.92 Å². The number of nitrogens with zero attached hydrogens (tertiary/aromatic N) is 1. The van der Waals surface area contributed by atoms with Crippen molar-refractivity contribution in [3.05, 3.63) is 35.4 Å². The summed E-state index contributed by atoms with van der Waals surface area (Å²) in [5.41, 5.74) is 2.53.